The van der Waals surface area contributed by atoms with Crippen LogP contribution >= 0.6 is 0 Å². The van der Waals surface area contributed by atoms with E-state index >= 15 is 0 Å². The molecule has 2 amide bonds. The van der Waals surface area contributed by atoms with Crippen molar-refractivity contribution in [2.45, 2.75) is 52.4 Å². The first-order chi connectivity index (χ1) is 29.1. The monoisotopic (exact) mass is 812 g/mol. The first-order valence-corrected chi connectivity index (χ1v) is 20.4. The predicted octanol–water partition coefficient (Wildman–Crippen LogP) is 3.35. The number of aromatic nitrogens is 6. The number of fused-ring (bicyclic) bond motifs is 2. The molecule has 17 nitrogen and oxygen atoms in total. The number of hydrogen-bond acceptors (Lipinski definition) is 15. The van der Waals surface area contributed by atoms with Crippen LogP contribution in [-0.2, 0) is 37.3 Å². The molecule has 4 N–H and O–H groups in total. The molecule has 0 saturated carbocycles. The van der Waals surface area contributed by atoms with Crippen LogP contribution in [-0.4, -0.2) is 126 Å². The van der Waals surface area contributed by atoms with E-state index < -0.39 is 0 Å². The highest BCUT2D eigenvalue weighted by Crippen LogP contribution is 2.35. The topological polar surface area (TPSA) is 203 Å². The molecule has 3 aromatic heterocycles. The van der Waals surface area contributed by atoms with E-state index in [0.717, 1.165) is 59.8 Å². The SMILES string of the molecule is CC(C)c1cc(C(=O)N2Cc3ccc(CN4CCN(C(=O)c5cnc(N6CCc7c(nc(-c8cnc(N)nc8)nc7N7CCOCC7)C6)cn5)CC4)cc3C2)c(O)cc1O. The number of benzene rings is 2. The molecule has 17 heteroatoms. The van der Waals surface area contributed by atoms with Crippen molar-refractivity contribution < 1.29 is 24.5 Å². The third-order valence-corrected chi connectivity index (χ3v) is 11.8. The maximum atomic E-state index is 13.6. The Bertz CT molecular complexity index is 2420. The van der Waals surface area contributed by atoms with Crippen molar-refractivity contribution in [2.75, 3.05) is 74.6 Å². The summed E-state index contributed by atoms with van der Waals surface area (Å²) < 4.78 is 5.61. The van der Waals surface area contributed by atoms with Gasteiger partial charge in [-0.05, 0) is 40.7 Å². The fourth-order valence-corrected chi connectivity index (χ4v) is 8.44. The van der Waals surface area contributed by atoms with Crippen molar-refractivity contribution in [3.05, 3.63) is 99.9 Å². The minimum Gasteiger partial charge on any atom is -0.508 e. The number of nitrogens with two attached hydrogens (primary N) is 1. The van der Waals surface area contributed by atoms with Crippen LogP contribution in [0.5, 0.6) is 11.5 Å². The zero-order valence-electron chi connectivity index (χ0n) is 33.8. The molecule has 9 rings (SSSR count). The molecule has 7 heterocycles. The average Bonchev–Trinajstić information content (AvgIpc) is 3.70. The lowest BCUT2D eigenvalue weighted by Gasteiger charge is -2.35. The summed E-state index contributed by atoms with van der Waals surface area (Å²) in [5.41, 5.74) is 12.9. The number of ether oxygens (including phenoxy) is 1. The van der Waals surface area contributed by atoms with Crippen molar-refractivity contribution in [3.8, 4) is 22.9 Å². The second-order valence-electron chi connectivity index (χ2n) is 16.1. The third-order valence-electron chi connectivity index (χ3n) is 11.8. The summed E-state index contributed by atoms with van der Waals surface area (Å²) in [6.07, 6.45) is 7.24. The molecule has 4 aliphatic heterocycles. The summed E-state index contributed by atoms with van der Waals surface area (Å²) in [5, 5.41) is 20.8. The van der Waals surface area contributed by atoms with Gasteiger partial charge in [0.2, 0.25) is 5.95 Å². The molecule has 0 spiro atoms. The number of phenolic OH excluding ortho intramolecular Hbond substituents is 2. The van der Waals surface area contributed by atoms with Crippen molar-refractivity contribution in [3.63, 3.8) is 0 Å². The largest absolute Gasteiger partial charge is 0.508 e. The van der Waals surface area contributed by atoms with E-state index in [2.05, 4.69) is 47.9 Å². The summed E-state index contributed by atoms with van der Waals surface area (Å²) in [6.45, 7) is 12.0. The molecule has 0 unspecified atom stereocenters. The fraction of sp³-hybridized carbons (Fsp3) is 0.395. The summed E-state index contributed by atoms with van der Waals surface area (Å²) >= 11 is 0. The Hall–Kier alpha value is -6.46. The van der Waals surface area contributed by atoms with Gasteiger partial charge in [-0.2, -0.15) is 0 Å². The Balaban J connectivity index is 0.806. The number of nitrogens with zero attached hydrogens (tertiary/aromatic N) is 11. The van der Waals surface area contributed by atoms with E-state index in [1.807, 2.05) is 18.7 Å². The van der Waals surface area contributed by atoms with Crippen LogP contribution < -0.4 is 15.5 Å². The molecule has 2 saturated heterocycles. The van der Waals surface area contributed by atoms with Gasteiger partial charge in [-0.3, -0.25) is 14.5 Å². The van der Waals surface area contributed by atoms with Crippen LogP contribution in [0.2, 0.25) is 0 Å². The van der Waals surface area contributed by atoms with Crippen molar-refractivity contribution in [2.24, 2.45) is 0 Å². The van der Waals surface area contributed by atoms with Gasteiger partial charge in [0.15, 0.2) is 5.82 Å². The predicted molar refractivity (Wildman–Crippen MR) is 222 cm³/mol. The summed E-state index contributed by atoms with van der Waals surface area (Å²) in [6, 6.07) is 9.17. The van der Waals surface area contributed by atoms with Gasteiger partial charge in [0.1, 0.15) is 28.8 Å². The molecule has 5 aromatic rings. The highest BCUT2D eigenvalue weighted by molar-refractivity contribution is 5.97. The zero-order chi connectivity index (χ0) is 41.5. The van der Waals surface area contributed by atoms with Crippen LogP contribution in [0.25, 0.3) is 11.4 Å². The molecule has 4 aliphatic rings. The molecule has 0 aliphatic carbocycles. The smallest absolute Gasteiger partial charge is 0.274 e. The Morgan fingerprint density at radius 1 is 0.767 bits per heavy atom. The number of aromatic hydroxyl groups is 2. The highest BCUT2D eigenvalue weighted by Gasteiger charge is 2.30. The number of morpholine rings is 1. The van der Waals surface area contributed by atoms with Gasteiger partial charge < -0.3 is 40.3 Å². The van der Waals surface area contributed by atoms with Gasteiger partial charge in [0, 0.05) is 89.5 Å². The number of nitrogen functional groups attached to an aromatic ring is 1. The van der Waals surface area contributed by atoms with E-state index in [1.54, 1.807) is 35.8 Å². The number of piperazine rings is 1. The van der Waals surface area contributed by atoms with Crippen LogP contribution in [0.1, 0.15) is 74.1 Å². The second-order valence-corrected chi connectivity index (χ2v) is 16.1. The molecular formula is C43H48N12O5. The summed E-state index contributed by atoms with van der Waals surface area (Å²) in [5.74, 6) is 1.66. The molecule has 0 bridgehead atoms. The van der Waals surface area contributed by atoms with E-state index in [9.17, 15) is 19.8 Å². The van der Waals surface area contributed by atoms with Crippen molar-refractivity contribution >= 4 is 29.4 Å². The normalized spacial score (nSPS) is 16.9. The van der Waals surface area contributed by atoms with Gasteiger partial charge in [0.05, 0.1) is 49.0 Å². The average molecular weight is 813 g/mol. The Labute approximate surface area is 347 Å². The Morgan fingerprint density at radius 3 is 2.27 bits per heavy atom. The highest BCUT2D eigenvalue weighted by atomic mass is 16.5. The minimum atomic E-state index is -0.265. The van der Waals surface area contributed by atoms with E-state index in [-0.39, 0.29) is 40.7 Å². The molecule has 0 atom stereocenters. The van der Waals surface area contributed by atoms with E-state index in [1.165, 1.54) is 6.07 Å². The standard InChI is InChI=1S/C43H48N12O5/c1-26(2)32-16-33(37(57)17-36(32)56)41(58)55-23-28-4-3-27(15-29(28)24-55)22-51-7-9-53(10-8-51)42(59)34-20-46-38(21-45-34)54-6-5-31-35(25-54)49-39(30-18-47-43(44)48-19-30)50-40(31)52-11-13-60-14-12-52/h3-4,15-21,26,56-57H,5-14,22-25H2,1-2H3,(H2,44,47,48). The van der Waals surface area contributed by atoms with Crippen LogP contribution in [0.15, 0.2) is 55.1 Å². The molecule has 0 radical (unpaired) electrons. The fourth-order valence-electron chi connectivity index (χ4n) is 8.44. The number of hydrogen-bond donors (Lipinski definition) is 3. The third kappa shape index (κ3) is 7.85. The molecule has 2 aromatic carbocycles. The number of carbonyl (C=O) groups is 2. The number of anilines is 3. The molecule has 60 heavy (non-hydrogen) atoms. The van der Waals surface area contributed by atoms with Gasteiger partial charge in [0.25, 0.3) is 11.8 Å². The van der Waals surface area contributed by atoms with Gasteiger partial charge in [-0.25, -0.2) is 29.9 Å². The first kappa shape index (κ1) is 39.0. The minimum absolute atomic E-state index is 0.00175. The summed E-state index contributed by atoms with van der Waals surface area (Å²) in [4.78, 5) is 64.8. The van der Waals surface area contributed by atoms with Gasteiger partial charge >= 0.3 is 0 Å². The lowest BCUT2D eigenvalue weighted by atomic mass is 9.98. The van der Waals surface area contributed by atoms with Crippen LogP contribution in [0, 0.1) is 0 Å². The van der Waals surface area contributed by atoms with E-state index in [0.29, 0.717) is 94.0 Å². The second kappa shape index (κ2) is 16.3. The first-order valence-electron chi connectivity index (χ1n) is 20.4. The molecular weight excluding hydrogens is 765 g/mol. The lowest BCUT2D eigenvalue weighted by Crippen LogP contribution is -2.48. The molecule has 2 fully saturated rings. The van der Waals surface area contributed by atoms with E-state index in [4.69, 9.17) is 25.4 Å². The molecule has 310 valence electrons. The maximum Gasteiger partial charge on any atom is 0.274 e. The summed E-state index contributed by atoms with van der Waals surface area (Å²) in [7, 11) is 0. The number of carbonyl (C=O) groups excluding carboxylic acids is 2. The lowest BCUT2D eigenvalue weighted by molar-refractivity contribution is 0.0621. The van der Waals surface area contributed by atoms with Gasteiger partial charge in [-0.1, -0.05) is 32.0 Å². The maximum absolute atomic E-state index is 13.6. The zero-order valence-corrected chi connectivity index (χ0v) is 33.8. The Kier molecular flexibility index (Phi) is 10.6. The van der Waals surface area contributed by atoms with Crippen molar-refractivity contribution in [1.29, 1.82) is 0 Å². The Morgan fingerprint density at radius 2 is 1.53 bits per heavy atom. The van der Waals surface area contributed by atoms with Gasteiger partial charge in [-0.15, -0.1) is 0 Å². The van der Waals surface area contributed by atoms with Crippen LogP contribution in [0.3, 0.4) is 0 Å². The van der Waals surface area contributed by atoms with Crippen LogP contribution in [0.4, 0.5) is 17.6 Å². The number of rotatable bonds is 8. The quantitative estimate of drug-likeness (QED) is 0.206. The number of amides is 2. The van der Waals surface area contributed by atoms with Crippen molar-refractivity contribution in [1.82, 2.24) is 44.6 Å². The number of phenols is 2.